The summed E-state index contributed by atoms with van der Waals surface area (Å²) in [7, 11) is 1.28. The average Bonchev–Trinajstić information content (AvgIpc) is 2.03. The summed E-state index contributed by atoms with van der Waals surface area (Å²) in [5.74, 6) is -0.904. The number of alkyl halides is 2. The van der Waals surface area contributed by atoms with E-state index >= 15 is 0 Å². The van der Waals surface area contributed by atoms with Crippen LogP contribution in [0.5, 0.6) is 0 Å². The fourth-order valence-electron chi connectivity index (χ4n) is 1.07. The summed E-state index contributed by atoms with van der Waals surface area (Å²) < 4.78 is 3.05. The molecule has 0 radical (unpaired) electrons. The van der Waals surface area contributed by atoms with Gasteiger partial charge in [-0.25, -0.2) is 0 Å². The van der Waals surface area contributed by atoms with E-state index in [-0.39, 0.29) is 24.5 Å². The molecule has 0 aliphatic heterocycles. The maximum Gasteiger partial charge on any atom is 0.305 e. The molecule has 1 fully saturated rings. The monoisotopic (exact) mass is 210 g/mol. The van der Waals surface area contributed by atoms with E-state index in [4.69, 9.17) is 23.2 Å². The molecule has 68 valence electrons. The fourth-order valence-corrected chi connectivity index (χ4v) is 1.53. The normalized spacial score (nSPS) is 26.2. The third-order valence-electron chi connectivity index (χ3n) is 1.96. The van der Waals surface area contributed by atoms with Crippen molar-refractivity contribution < 1.29 is 14.3 Å². The molecular weight excluding hydrogens is 203 g/mol. The lowest BCUT2D eigenvalue weighted by Gasteiger charge is -2.36. The molecule has 12 heavy (non-hydrogen) atoms. The third-order valence-corrected chi connectivity index (χ3v) is 3.00. The van der Waals surface area contributed by atoms with E-state index in [9.17, 15) is 9.59 Å². The minimum atomic E-state index is -1.37. The van der Waals surface area contributed by atoms with Gasteiger partial charge in [0.15, 0.2) is 10.1 Å². The minimum Gasteiger partial charge on any atom is -0.469 e. The van der Waals surface area contributed by atoms with Gasteiger partial charge in [-0.15, -0.1) is 0 Å². The Bertz CT molecular complexity index is 225. The van der Waals surface area contributed by atoms with Gasteiger partial charge >= 0.3 is 5.97 Å². The number of carbonyl (C=O) groups is 2. The summed E-state index contributed by atoms with van der Waals surface area (Å²) >= 11 is 11.3. The van der Waals surface area contributed by atoms with E-state index in [1.165, 1.54) is 7.11 Å². The number of Topliss-reactive ketones (excluding diaryl/α,β-unsaturated/α-hetero) is 1. The molecule has 1 rings (SSSR count). The largest absolute Gasteiger partial charge is 0.469 e. The van der Waals surface area contributed by atoms with Crippen LogP contribution in [0, 0.1) is 5.92 Å². The molecule has 0 aromatic carbocycles. The lowest BCUT2D eigenvalue weighted by molar-refractivity contribution is -0.143. The molecule has 1 saturated carbocycles. The van der Waals surface area contributed by atoms with Gasteiger partial charge in [0, 0.05) is 12.3 Å². The molecule has 0 N–H and O–H groups in total. The smallest absolute Gasteiger partial charge is 0.305 e. The average molecular weight is 211 g/mol. The lowest BCUT2D eigenvalue weighted by atomic mass is 9.80. The molecule has 0 heterocycles. The van der Waals surface area contributed by atoms with E-state index in [2.05, 4.69) is 4.74 Å². The van der Waals surface area contributed by atoms with Gasteiger partial charge in [-0.2, -0.15) is 0 Å². The maximum absolute atomic E-state index is 10.8. The number of esters is 1. The molecule has 0 spiro atoms. The zero-order valence-corrected chi connectivity index (χ0v) is 7.98. The topological polar surface area (TPSA) is 43.4 Å². The number of halogens is 2. The number of ether oxygens (including phenoxy) is 1. The minimum absolute atomic E-state index is 0.106. The van der Waals surface area contributed by atoms with Crippen molar-refractivity contribution in [2.24, 2.45) is 5.92 Å². The molecule has 0 aromatic heterocycles. The van der Waals surface area contributed by atoms with E-state index in [1.807, 2.05) is 0 Å². The van der Waals surface area contributed by atoms with Crippen molar-refractivity contribution in [3.8, 4) is 0 Å². The lowest BCUT2D eigenvalue weighted by Crippen LogP contribution is -2.48. The van der Waals surface area contributed by atoms with Gasteiger partial charge in [-0.3, -0.25) is 9.59 Å². The van der Waals surface area contributed by atoms with E-state index < -0.39 is 10.3 Å². The van der Waals surface area contributed by atoms with E-state index in [1.54, 1.807) is 0 Å². The number of carbonyl (C=O) groups excluding carboxylic acids is 2. The van der Waals surface area contributed by atoms with Gasteiger partial charge in [0.2, 0.25) is 0 Å². The number of methoxy groups -OCH3 is 1. The highest BCUT2D eigenvalue weighted by molar-refractivity contribution is 6.60. The summed E-state index contributed by atoms with van der Waals surface area (Å²) in [5.41, 5.74) is 0. The highest BCUT2D eigenvalue weighted by Crippen LogP contribution is 2.46. The van der Waals surface area contributed by atoms with Crippen LogP contribution >= 0.6 is 23.2 Å². The molecule has 3 nitrogen and oxygen atoms in total. The summed E-state index contributed by atoms with van der Waals surface area (Å²) in [6.45, 7) is 0. The van der Waals surface area contributed by atoms with Crippen molar-refractivity contribution in [1.29, 1.82) is 0 Å². The molecule has 1 aliphatic carbocycles. The first-order valence-electron chi connectivity index (χ1n) is 3.46. The van der Waals surface area contributed by atoms with E-state index in [0.29, 0.717) is 0 Å². The summed E-state index contributed by atoms with van der Waals surface area (Å²) in [6.07, 6.45) is 0.372. The molecular formula is C7H8Cl2O3. The second-order valence-electron chi connectivity index (χ2n) is 2.73. The van der Waals surface area contributed by atoms with Crippen LogP contribution in [0.1, 0.15) is 12.8 Å². The molecule has 0 unspecified atom stereocenters. The predicted octanol–water partition coefficient (Wildman–Crippen LogP) is 1.31. The Labute approximate surface area is 80.0 Å². The second kappa shape index (κ2) is 3.23. The van der Waals surface area contributed by atoms with Crippen LogP contribution in [-0.4, -0.2) is 23.2 Å². The van der Waals surface area contributed by atoms with Crippen LogP contribution in [-0.2, 0) is 14.3 Å². The molecule has 0 aromatic rings. The van der Waals surface area contributed by atoms with Gasteiger partial charge in [0.05, 0.1) is 13.5 Å². The number of ketones is 1. The van der Waals surface area contributed by atoms with Gasteiger partial charge in [-0.1, -0.05) is 23.2 Å². The zero-order valence-electron chi connectivity index (χ0n) is 6.47. The summed E-state index contributed by atoms with van der Waals surface area (Å²) in [5, 5.41) is 0. The van der Waals surface area contributed by atoms with Crippen molar-refractivity contribution >= 4 is 35.0 Å². The SMILES string of the molecule is COC(=O)C[C@@H]1CC(=O)C1(Cl)Cl. The summed E-state index contributed by atoms with van der Waals surface area (Å²) in [6, 6.07) is 0. The number of hydrogen-bond acceptors (Lipinski definition) is 3. The molecule has 0 bridgehead atoms. The second-order valence-corrected chi connectivity index (χ2v) is 4.11. The highest BCUT2D eigenvalue weighted by Gasteiger charge is 2.53. The van der Waals surface area contributed by atoms with Crippen molar-refractivity contribution in [2.45, 2.75) is 17.2 Å². The van der Waals surface area contributed by atoms with Gasteiger partial charge in [0.1, 0.15) is 0 Å². The van der Waals surface area contributed by atoms with Crippen LogP contribution in [0.2, 0.25) is 0 Å². The molecule has 5 heteroatoms. The molecule has 1 atom stereocenters. The number of rotatable bonds is 2. The van der Waals surface area contributed by atoms with Crippen molar-refractivity contribution in [1.82, 2.24) is 0 Å². The first kappa shape index (κ1) is 9.81. The fraction of sp³-hybridized carbons (Fsp3) is 0.714. The van der Waals surface area contributed by atoms with Crippen LogP contribution in [0.15, 0.2) is 0 Å². The van der Waals surface area contributed by atoms with Crippen LogP contribution < -0.4 is 0 Å². The third kappa shape index (κ3) is 1.57. The summed E-state index contributed by atoms with van der Waals surface area (Å²) in [4.78, 5) is 21.6. The van der Waals surface area contributed by atoms with Crippen molar-refractivity contribution in [2.75, 3.05) is 7.11 Å². The predicted molar refractivity (Wildman–Crippen MR) is 44.2 cm³/mol. The first-order chi connectivity index (χ1) is 5.48. The van der Waals surface area contributed by atoms with Crippen molar-refractivity contribution in [3.05, 3.63) is 0 Å². The van der Waals surface area contributed by atoms with Crippen LogP contribution in [0.4, 0.5) is 0 Å². The standard InChI is InChI=1S/C7H8Cl2O3/c1-12-6(11)3-4-2-5(10)7(4,8)9/h4H,2-3H2,1H3/t4-/m0/s1. The number of hydrogen-bond donors (Lipinski definition) is 0. The molecule has 1 aliphatic rings. The first-order valence-corrected chi connectivity index (χ1v) is 4.22. The Morgan fingerprint density at radius 2 is 2.33 bits per heavy atom. The Hall–Kier alpha value is -0.280. The Morgan fingerprint density at radius 3 is 2.67 bits per heavy atom. The Balaban J connectivity index is 2.47. The van der Waals surface area contributed by atoms with Crippen LogP contribution in [0.25, 0.3) is 0 Å². The van der Waals surface area contributed by atoms with Gasteiger partial charge < -0.3 is 4.74 Å². The van der Waals surface area contributed by atoms with Crippen molar-refractivity contribution in [3.63, 3.8) is 0 Å². The highest BCUT2D eigenvalue weighted by atomic mass is 35.5. The van der Waals surface area contributed by atoms with Crippen LogP contribution in [0.3, 0.4) is 0 Å². The molecule has 0 saturated heterocycles. The Morgan fingerprint density at radius 1 is 1.75 bits per heavy atom. The molecule has 0 amide bonds. The quantitative estimate of drug-likeness (QED) is 0.510. The van der Waals surface area contributed by atoms with E-state index in [0.717, 1.165) is 0 Å². The Kier molecular flexibility index (Phi) is 2.64. The maximum atomic E-state index is 10.8. The van der Waals surface area contributed by atoms with Gasteiger partial charge in [0.25, 0.3) is 0 Å². The van der Waals surface area contributed by atoms with Gasteiger partial charge in [-0.05, 0) is 0 Å². The zero-order chi connectivity index (χ0) is 9.35.